The number of hydrogen-bond acceptors (Lipinski definition) is 7. The number of hydrogen-bond donors (Lipinski definition) is 2. The Kier molecular flexibility index (Phi) is 8.89. The van der Waals surface area contributed by atoms with E-state index in [2.05, 4.69) is 57.5 Å². The Labute approximate surface area is 132 Å². The first-order valence-corrected chi connectivity index (χ1v) is 9.12. The third-order valence-electron chi connectivity index (χ3n) is 3.01. The van der Waals surface area contributed by atoms with E-state index in [1.54, 1.807) is 0 Å². The van der Waals surface area contributed by atoms with Crippen molar-refractivity contribution >= 4 is 29.6 Å². The zero-order valence-electron chi connectivity index (χ0n) is 13.6. The molecule has 1 heterocycles. The molecule has 0 saturated carbocycles. The van der Waals surface area contributed by atoms with E-state index in [-0.39, 0.29) is 0 Å². The molecule has 0 aliphatic rings. The molecule has 0 radical (unpaired) electrons. The van der Waals surface area contributed by atoms with E-state index in [1.807, 2.05) is 11.8 Å². The lowest BCUT2D eigenvalue weighted by Crippen LogP contribution is -2.25. The van der Waals surface area contributed by atoms with Gasteiger partial charge in [-0.1, -0.05) is 6.92 Å². The highest BCUT2D eigenvalue weighted by Crippen LogP contribution is 2.13. The molecule has 0 atom stereocenters. The van der Waals surface area contributed by atoms with Crippen molar-refractivity contribution in [2.75, 3.05) is 53.7 Å². The van der Waals surface area contributed by atoms with Crippen molar-refractivity contribution in [3.8, 4) is 0 Å². The maximum Gasteiger partial charge on any atom is 0.231 e. The second kappa shape index (κ2) is 10.5. The van der Waals surface area contributed by atoms with Gasteiger partial charge in [-0.15, -0.1) is 0 Å². The molecular weight excluding hydrogens is 284 g/mol. The van der Waals surface area contributed by atoms with E-state index in [4.69, 9.17) is 0 Å². The lowest BCUT2D eigenvalue weighted by molar-refractivity contribution is 0.808. The molecule has 0 aliphatic carbocycles. The molecule has 0 spiro atoms. The number of rotatable bonds is 11. The van der Waals surface area contributed by atoms with E-state index < -0.39 is 0 Å². The molecule has 21 heavy (non-hydrogen) atoms. The largest absolute Gasteiger partial charge is 0.354 e. The Bertz CT molecular complexity index is 397. The highest BCUT2D eigenvalue weighted by molar-refractivity contribution is 7.98. The summed E-state index contributed by atoms with van der Waals surface area (Å²) in [5.74, 6) is 3.19. The average molecular weight is 312 g/mol. The summed E-state index contributed by atoms with van der Waals surface area (Å²) in [4.78, 5) is 15.6. The molecule has 2 N–H and O–H groups in total. The lowest BCUT2D eigenvalue weighted by atomic mass is 10.5. The Morgan fingerprint density at radius 3 is 2.10 bits per heavy atom. The van der Waals surface area contributed by atoms with Gasteiger partial charge in [0, 0.05) is 26.2 Å². The predicted molar refractivity (Wildman–Crippen MR) is 93.7 cm³/mol. The summed E-state index contributed by atoms with van der Waals surface area (Å²) in [7, 11) is 0. The number of thioether (sulfide) groups is 1. The number of nitrogens with zero attached hydrogens (tertiary/aromatic N) is 4. The van der Waals surface area contributed by atoms with E-state index in [0.29, 0.717) is 11.9 Å². The quantitative estimate of drug-likeness (QED) is 0.609. The van der Waals surface area contributed by atoms with Gasteiger partial charge in [-0.2, -0.15) is 26.7 Å². The monoisotopic (exact) mass is 312 g/mol. The first-order chi connectivity index (χ1) is 10.2. The van der Waals surface area contributed by atoms with Gasteiger partial charge in [-0.3, -0.25) is 0 Å². The van der Waals surface area contributed by atoms with Crippen molar-refractivity contribution in [3.63, 3.8) is 0 Å². The average Bonchev–Trinajstić information content (AvgIpc) is 2.51. The van der Waals surface area contributed by atoms with Crippen molar-refractivity contribution < 1.29 is 0 Å². The highest BCUT2D eigenvalue weighted by atomic mass is 32.2. The van der Waals surface area contributed by atoms with Gasteiger partial charge < -0.3 is 15.5 Å². The van der Waals surface area contributed by atoms with Crippen molar-refractivity contribution in [1.29, 1.82) is 0 Å². The van der Waals surface area contributed by atoms with Crippen molar-refractivity contribution in [3.05, 3.63) is 0 Å². The van der Waals surface area contributed by atoms with E-state index in [9.17, 15) is 0 Å². The van der Waals surface area contributed by atoms with Crippen LogP contribution in [0.2, 0.25) is 0 Å². The third kappa shape index (κ3) is 6.37. The summed E-state index contributed by atoms with van der Waals surface area (Å²) in [5.41, 5.74) is 0. The molecule has 0 amide bonds. The van der Waals surface area contributed by atoms with E-state index >= 15 is 0 Å². The SMILES string of the molecule is CCCNc1nc(NCCCSC)nc(N(CC)CC)n1. The lowest BCUT2D eigenvalue weighted by Gasteiger charge is -2.19. The van der Waals surface area contributed by atoms with Gasteiger partial charge in [0.25, 0.3) is 0 Å². The van der Waals surface area contributed by atoms with Gasteiger partial charge >= 0.3 is 0 Å². The molecule has 120 valence electrons. The highest BCUT2D eigenvalue weighted by Gasteiger charge is 2.10. The molecule has 7 heteroatoms. The third-order valence-corrected chi connectivity index (χ3v) is 3.71. The van der Waals surface area contributed by atoms with Crippen LogP contribution in [0.4, 0.5) is 17.8 Å². The van der Waals surface area contributed by atoms with Gasteiger partial charge in [0.05, 0.1) is 0 Å². The molecular formula is C14H28N6S. The normalized spacial score (nSPS) is 10.5. The summed E-state index contributed by atoms with van der Waals surface area (Å²) in [6.45, 7) is 9.87. The minimum absolute atomic E-state index is 0.654. The van der Waals surface area contributed by atoms with Gasteiger partial charge in [0.1, 0.15) is 0 Å². The summed E-state index contributed by atoms with van der Waals surface area (Å²) < 4.78 is 0. The minimum Gasteiger partial charge on any atom is -0.354 e. The molecule has 6 nitrogen and oxygen atoms in total. The zero-order chi connectivity index (χ0) is 15.5. The first-order valence-electron chi connectivity index (χ1n) is 7.72. The van der Waals surface area contributed by atoms with Crippen LogP contribution in [0.5, 0.6) is 0 Å². The number of nitrogens with one attached hydrogen (secondary N) is 2. The standard InChI is InChI=1S/C14H28N6S/c1-5-9-15-12-17-13(16-10-8-11-21-4)19-14(18-12)20(6-2)7-3/h5-11H2,1-4H3,(H2,15,16,17,18,19). The molecule has 0 unspecified atom stereocenters. The number of aromatic nitrogens is 3. The van der Waals surface area contributed by atoms with Crippen LogP contribution in [-0.4, -0.2) is 53.1 Å². The maximum atomic E-state index is 4.53. The van der Waals surface area contributed by atoms with E-state index in [1.165, 1.54) is 0 Å². The van der Waals surface area contributed by atoms with Crippen molar-refractivity contribution in [1.82, 2.24) is 15.0 Å². The van der Waals surface area contributed by atoms with Gasteiger partial charge in [-0.25, -0.2) is 0 Å². The first kappa shape index (κ1) is 17.8. The molecule has 0 saturated heterocycles. The van der Waals surface area contributed by atoms with Crippen LogP contribution < -0.4 is 15.5 Å². The van der Waals surface area contributed by atoms with Crippen molar-refractivity contribution in [2.24, 2.45) is 0 Å². The van der Waals surface area contributed by atoms with Crippen LogP contribution in [0.1, 0.15) is 33.6 Å². The fourth-order valence-electron chi connectivity index (χ4n) is 1.82. The molecule has 1 rings (SSSR count). The Balaban J connectivity index is 2.81. The van der Waals surface area contributed by atoms with Crippen LogP contribution in [0.15, 0.2) is 0 Å². The Morgan fingerprint density at radius 1 is 0.952 bits per heavy atom. The topological polar surface area (TPSA) is 66.0 Å². The van der Waals surface area contributed by atoms with Crippen LogP contribution in [0.25, 0.3) is 0 Å². The molecule has 0 aromatic carbocycles. The molecule has 1 aromatic rings. The summed E-state index contributed by atoms with van der Waals surface area (Å²) in [6, 6.07) is 0. The minimum atomic E-state index is 0.654. The molecule has 1 aromatic heterocycles. The molecule has 0 fully saturated rings. The smallest absolute Gasteiger partial charge is 0.231 e. The molecule has 0 aliphatic heterocycles. The fourth-order valence-corrected chi connectivity index (χ4v) is 2.26. The van der Waals surface area contributed by atoms with Crippen LogP contribution in [-0.2, 0) is 0 Å². The Morgan fingerprint density at radius 2 is 1.57 bits per heavy atom. The maximum absolute atomic E-state index is 4.53. The zero-order valence-corrected chi connectivity index (χ0v) is 14.5. The summed E-state index contributed by atoms with van der Waals surface area (Å²) in [6.07, 6.45) is 4.27. The molecule has 0 bridgehead atoms. The van der Waals surface area contributed by atoms with Gasteiger partial charge in [0.15, 0.2) is 0 Å². The second-order valence-corrected chi connectivity index (χ2v) is 5.64. The fraction of sp³-hybridized carbons (Fsp3) is 0.786. The second-order valence-electron chi connectivity index (χ2n) is 4.65. The van der Waals surface area contributed by atoms with Crippen molar-refractivity contribution in [2.45, 2.75) is 33.6 Å². The van der Waals surface area contributed by atoms with Crippen LogP contribution in [0, 0.1) is 0 Å². The predicted octanol–water partition coefficient (Wildman–Crippen LogP) is 2.70. The summed E-state index contributed by atoms with van der Waals surface area (Å²) in [5, 5.41) is 6.54. The Hall–Kier alpha value is -1.24. The number of anilines is 3. The summed E-state index contributed by atoms with van der Waals surface area (Å²) >= 11 is 1.85. The van der Waals surface area contributed by atoms with Crippen LogP contribution >= 0.6 is 11.8 Å². The van der Waals surface area contributed by atoms with Gasteiger partial charge in [-0.05, 0) is 38.7 Å². The van der Waals surface area contributed by atoms with E-state index in [0.717, 1.165) is 50.7 Å². The van der Waals surface area contributed by atoms with Crippen LogP contribution in [0.3, 0.4) is 0 Å². The van der Waals surface area contributed by atoms with Gasteiger partial charge in [0.2, 0.25) is 17.8 Å².